The van der Waals surface area contributed by atoms with Gasteiger partial charge in [0.15, 0.2) is 5.11 Å². The van der Waals surface area contributed by atoms with E-state index in [2.05, 4.69) is 22.8 Å². The molecule has 1 amide bonds. The minimum Gasteiger partial charge on any atom is -0.493 e. The molecule has 0 saturated heterocycles. The molecule has 6 nitrogen and oxygen atoms in total. The Morgan fingerprint density at radius 1 is 0.812 bits per heavy atom. The number of rotatable bonds is 10. The molecule has 166 valence electrons. The van der Waals surface area contributed by atoms with Crippen LogP contribution in [-0.2, 0) is 11.2 Å². The fourth-order valence-corrected chi connectivity index (χ4v) is 3.06. The molecule has 0 aromatic heterocycles. The number of anilines is 1. The van der Waals surface area contributed by atoms with Gasteiger partial charge in [0.25, 0.3) is 5.91 Å². The summed E-state index contributed by atoms with van der Waals surface area (Å²) in [7, 11) is 1.63. The van der Waals surface area contributed by atoms with Crippen LogP contribution in [0.25, 0.3) is 0 Å². The first-order chi connectivity index (χ1) is 15.6. The molecule has 7 heteroatoms. The summed E-state index contributed by atoms with van der Waals surface area (Å²) >= 11 is 5.24. The van der Waals surface area contributed by atoms with Gasteiger partial charge in [0, 0.05) is 24.8 Å². The van der Waals surface area contributed by atoms with Gasteiger partial charge in [0.2, 0.25) is 0 Å². The van der Waals surface area contributed by atoms with Crippen molar-refractivity contribution in [2.75, 3.05) is 32.2 Å². The topological polar surface area (TPSA) is 68.8 Å². The Kier molecular flexibility index (Phi) is 9.04. The molecule has 0 heterocycles. The highest BCUT2D eigenvalue weighted by atomic mass is 32.1. The monoisotopic (exact) mass is 450 g/mol. The van der Waals surface area contributed by atoms with Gasteiger partial charge in [0.05, 0.1) is 13.2 Å². The largest absolute Gasteiger partial charge is 0.493 e. The van der Waals surface area contributed by atoms with Crippen molar-refractivity contribution < 1.29 is 19.0 Å². The number of methoxy groups -OCH3 is 1. The standard InChI is InChI=1S/C25H26N2O4S/c1-29-17-18-31-23-13-9-21(10-14-23)26-25(32)27-24(28)20-7-11-22(12-8-20)30-16-15-19-5-3-2-4-6-19/h2-14H,15-18H2,1H3,(H2,26,27,28,32). The van der Waals surface area contributed by atoms with E-state index in [-0.39, 0.29) is 11.0 Å². The SMILES string of the molecule is COCCOc1ccc(NC(=S)NC(=O)c2ccc(OCCc3ccccc3)cc2)cc1. The Labute approximate surface area is 193 Å². The zero-order chi connectivity index (χ0) is 22.6. The number of nitrogens with one attached hydrogen (secondary N) is 2. The number of hydrogen-bond acceptors (Lipinski definition) is 5. The molecule has 3 rings (SSSR count). The highest BCUT2D eigenvalue weighted by molar-refractivity contribution is 7.80. The first kappa shape index (κ1) is 23.2. The van der Waals surface area contributed by atoms with E-state index in [4.69, 9.17) is 26.4 Å². The molecule has 0 atom stereocenters. The number of hydrogen-bond donors (Lipinski definition) is 2. The molecule has 32 heavy (non-hydrogen) atoms. The Morgan fingerprint density at radius 2 is 1.44 bits per heavy atom. The molecule has 2 N–H and O–H groups in total. The summed E-state index contributed by atoms with van der Waals surface area (Å²) in [5.41, 5.74) is 2.46. The number of ether oxygens (including phenoxy) is 3. The molecule has 0 aliphatic carbocycles. The van der Waals surface area contributed by atoms with Crippen molar-refractivity contribution >= 4 is 28.9 Å². The average molecular weight is 451 g/mol. The fourth-order valence-electron chi connectivity index (χ4n) is 2.85. The molecule has 0 bridgehead atoms. The lowest BCUT2D eigenvalue weighted by molar-refractivity contribution is 0.0977. The molecule has 0 unspecified atom stereocenters. The minimum absolute atomic E-state index is 0.214. The zero-order valence-corrected chi connectivity index (χ0v) is 18.7. The first-order valence-corrected chi connectivity index (χ1v) is 10.7. The Balaban J connectivity index is 1.43. The van der Waals surface area contributed by atoms with E-state index < -0.39 is 0 Å². The highest BCUT2D eigenvalue weighted by Gasteiger charge is 2.08. The Hall–Kier alpha value is -3.42. The summed E-state index contributed by atoms with van der Waals surface area (Å²) in [6.07, 6.45) is 0.823. The van der Waals surface area contributed by atoms with Crippen LogP contribution < -0.4 is 20.1 Å². The Bertz CT molecular complexity index is 993. The second-order valence-corrected chi connectivity index (χ2v) is 7.29. The summed E-state index contributed by atoms with van der Waals surface area (Å²) < 4.78 is 16.2. The van der Waals surface area contributed by atoms with Crippen molar-refractivity contribution in [1.29, 1.82) is 0 Å². The molecule has 0 aliphatic heterocycles. The summed E-state index contributed by atoms with van der Waals surface area (Å²) in [6, 6.07) is 24.4. The van der Waals surface area contributed by atoms with Crippen molar-refractivity contribution in [3.63, 3.8) is 0 Å². The maximum absolute atomic E-state index is 12.4. The van der Waals surface area contributed by atoms with Gasteiger partial charge in [-0.2, -0.15) is 0 Å². The van der Waals surface area contributed by atoms with Crippen LogP contribution in [0.4, 0.5) is 5.69 Å². The van der Waals surface area contributed by atoms with Gasteiger partial charge in [-0.3, -0.25) is 10.1 Å². The van der Waals surface area contributed by atoms with E-state index in [9.17, 15) is 4.79 Å². The van der Waals surface area contributed by atoms with Crippen LogP contribution >= 0.6 is 12.2 Å². The van der Waals surface area contributed by atoms with Crippen molar-refractivity contribution in [2.24, 2.45) is 0 Å². The van der Waals surface area contributed by atoms with Crippen LogP contribution in [0.2, 0.25) is 0 Å². The third-order valence-corrected chi connectivity index (χ3v) is 4.72. The van der Waals surface area contributed by atoms with Crippen LogP contribution in [0.5, 0.6) is 11.5 Å². The van der Waals surface area contributed by atoms with Crippen molar-refractivity contribution in [3.05, 3.63) is 90.0 Å². The van der Waals surface area contributed by atoms with Crippen molar-refractivity contribution in [1.82, 2.24) is 5.32 Å². The van der Waals surface area contributed by atoms with E-state index in [0.717, 1.165) is 17.9 Å². The molecule has 0 fully saturated rings. The van der Waals surface area contributed by atoms with Gasteiger partial charge in [-0.25, -0.2) is 0 Å². The average Bonchev–Trinajstić information content (AvgIpc) is 2.81. The van der Waals surface area contributed by atoms with Crippen molar-refractivity contribution in [2.45, 2.75) is 6.42 Å². The number of thiocarbonyl (C=S) groups is 1. The Morgan fingerprint density at radius 3 is 2.09 bits per heavy atom. The lowest BCUT2D eigenvalue weighted by Crippen LogP contribution is -2.34. The maximum Gasteiger partial charge on any atom is 0.257 e. The highest BCUT2D eigenvalue weighted by Crippen LogP contribution is 2.16. The first-order valence-electron chi connectivity index (χ1n) is 10.2. The van der Waals surface area contributed by atoms with Crippen LogP contribution in [0.3, 0.4) is 0 Å². The fraction of sp³-hybridized carbons (Fsp3) is 0.200. The van der Waals surface area contributed by atoms with E-state index in [1.165, 1.54) is 5.56 Å². The number of amides is 1. The maximum atomic E-state index is 12.4. The third-order valence-electron chi connectivity index (χ3n) is 4.51. The quantitative estimate of drug-likeness (QED) is 0.351. The van der Waals surface area contributed by atoms with Gasteiger partial charge in [-0.15, -0.1) is 0 Å². The van der Waals surface area contributed by atoms with Crippen LogP contribution in [-0.4, -0.2) is 38.0 Å². The minimum atomic E-state index is -0.294. The number of carbonyl (C=O) groups excluding carboxylic acids is 1. The van der Waals surface area contributed by atoms with Crippen LogP contribution in [0, 0.1) is 0 Å². The van der Waals surface area contributed by atoms with E-state index in [1.807, 2.05) is 42.5 Å². The zero-order valence-electron chi connectivity index (χ0n) is 17.9. The van der Waals surface area contributed by atoms with Gasteiger partial charge in [0.1, 0.15) is 18.1 Å². The van der Waals surface area contributed by atoms with E-state index in [1.54, 1.807) is 31.4 Å². The third kappa shape index (κ3) is 7.68. The second-order valence-electron chi connectivity index (χ2n) is 6.88. The van der Waals surface area contributed by atoms with E-state index in [0.29, 0.717) is 31.1 Å². The van der Waals surface area contributed by atoms with Crippen LogP contribution in [0.15, 0.2) is 78.9 Å². The molecule has 3 aromatic rings. The number of benzene rings is 3. The van der Waals surface area contributed by atoms with Gasteiger partial charge in [-0.1, -0.05) is 30.3 Å². The summed E-state index contributed by atoms with van der Waals surface area (Å²) in [6.45, 7) is 1.57. The second kappa shape index (κ2) is 12.4. The lowest BCUT2D eigenvalue weighted by Gasteiger charge is -2.11. The molecule has 0 radical (unpaired) electrons. The molecular formula is C25H26N2O4S. The van der Waals surface area contributed by atoms with E-state index >= 15 is 0 Å². The van der Waals surface area contributed by atoms with Gasteiger partial charge < -0.3 is 19.5 Å². The lowest BCUT2D eigenvalue weighted by atomic mass is 10.2. The summed E-state index contributed by atoms with van der Waals surface area (Å²) in [4.78, 5) is 12.4. The normalized spacial score (nSPS) is 10.3. The summed E-state index contributed by atoms with van der Waals surface area (Å²) in [5, 5.41) is 5.88. The summed E-state index contributed by atoms with van der Waals surface area (Å²) in [5.74, 6) is 1.15. The molecule has 3 aromatic carbocycles. The molecule has 0 spiro atoms. The molecule has 0 aliphatic rings. The van der Waals surface area contributed by atoms with Crippen molar-refractivity contribution in [3.8, 4) is 11.5 Å². The molecular weight excluding hydrogens is 424 g/mol. The smallest absolute Gasteiger partial charge is 0.257 e. The van der Waals surface area contributed by atoms with Gasteiger partial charge >= 0.3 is 0 Å². The number of carbonyl (C=O) groups is 1. The van der Waals surface area contributed by atoms with Gasteiger partial charge in [-0.05, 0) is 66.3 Å². The van der Waals surface area contributed by atoms with Crippen LogP contribution in [0.1, 0.15) is 15.9 Å². The predicted octanol–water partition coefficient (Wildman–Crippen LogP) is 4.46. The molecule has 0 saturated carbocycles. The predicted molar refractivity (Wildman–Crippen MR) is 130 cm³/mol.